The summed E-state index contributed by atoms with van der Waals surface area (Å²) < 4.78 is 30.5. The molecule has 0 fully saturated rings. The molecule has 0 saturated heterocycles. The number of ether oxygens (including phenoxy) is 1. The zero-order valence-corrected chi connectivity index (χ0v) is 9.13. The molecular formula is C12H14F2O2. The van der Waals surface area contributed by atoms with Gasteiger partial charge in [-0.25, -0.2) is 8.78 Å². The van der Waals surface area contributed by atoms with Gasteiger partial charge in [-0.2, -0.15) is 0 Å². The molecule has 1 aromatic rings. The molecule has 0 N–H and O–H groups in total. The number of carbonyl (C=O) groups excluding carboxylic acids is 1. The molecule has 0 aliphatic heterocycles. The van der Waals surface area contributed by atoms with Gasteiger partial charge >= 0.3 is 0 Å². The number of ketones is 1. The summed E-state index contributed by atoms with van der Waals surface area (Å²) in [4.78, 5) is 11.3. The molecular weight excluding hydrogens is 214 g/mol. The van der Waals surface area contributed by atoms with Crippen LogP contribution in [0.25, 0.3) is 0 Å². The second-order valence-electron chi connectivity index (χ2n) is 3.52. The van der Waals surface area contributed by atoms with E-state index >= 15 is 0 Å². The Hall–Kier alpha value is -1.29. The topological polar surface area (TPSA) is 26.3 Å². The lowest BCUT2D eigenvalue weighted by molar-refractivity contribution is -0.122. The van der Waals surface area contributed by atoms with E-state index in [1.165, 1.54) is 6.07 Å². The Labute approximate surface area is 93.2 Å². The minimum absolute atomic E-state index is 0.0207. The fourth-order valence-corrected chi connectivity index (χ4v) is 1.26. The van der Waals surface area contributed by atoms with Gasteiger partial charge in [0.1, 0.15) is 6.61 Å². The van der Waals surface area contributed by atoms with Crippen molar-refractivity contribution in [1.82, 2.24) is 0 Å². The van der Waals surface area contributed by atoms with Crippen LogP contribution in [0.3, 0.4) is 0 Å². The van der Waals surface area contributed by atoms with Crippen LogP contribution in [0.2, 0.25) is 0 Å². The van der Waals surface area contributed by atoms with Crippen molar-refractivity contribution >= 4 is 5.78 Å². The van der Waals surface area contributed by atoms with E-state index < -0.39 is 11.6 Å². The van der Waals surface area contributed by atoms with Crippen molar-refractivity contribution in [2.75, 3.05) is 13.2 Å². The predicted molar refractivity (Wildman–Crippen MR) is 56.2 cm³/mol. The maximum Gasteiger partial charge on any atom is 0.162 e. The molecule has 0 radical (unpaired) electrons. The Morgan fingerprint density at radius 1 is 1.31 bits per heavy atom. The van der Waals surface area contributed by atoms with Crippen LogP contribution in [0.4, 0.5) is 8.78 Å². The molecule has 0 heterocycles. The van der Waals surface area contributed by atoms with E-state index in [1.807, 2.05) is 6.92 Å². The zero-order valence-electron chi connectivity index (χ0n) is 9.13. The molecule has 4 heteroatoms. The highest BCUT2D eigenvalue weighted by molar-refractivity contribution is 5.82. The van der Waals surface area contributed by atoms with Crippen molar-refractivity contribution < 1.29 is 18.3 Å². The molecule has 0 amide bonds. The fraction of sp³-hybridized carbons (Fsp3) is 0.417. The summed E-state index contributed by atoms with van der Waals surface area (Å²) in [7, 11) is 0. The molecule has 0 aliphatic carbocycles. The molecule has 0 unspecified atom stereocenters. The summed E-state index contributed by atoms with van der Waals surface area (Å²) in [6, 6.07) is 3.45. The highest BCUT2D eigenvalue weighted by atomic mass is 19.2. The van der Waals surface area contributed by atoms with E-state index in [1.54, 1.807) is 0 Å². The van der Waals surface area contributed by atoms with Gasteiger partial charge in [0, 0.05) is 13.0 Å². The molecule has 88 valence electrons. The summed E-state index contributed by atoms with van der Waals surface area (Å²) in [5, 5.41) is 0. The second-order valence-corrected chi connectivity index (χ2v) is 3.52. The van der Waals surface area contributed by atoms with Crippen LogP contribution in [-0.4, -0.2) is 19.0 Å². The number of hydrogen-bond acceptors (Lipinski definition) is 2. The van der Waals surface area contributed by atoms with Gasteiger partial charge in [0.15, 0.2) is 17.4 Å². The normalized spacial score (nSPS) is 10.4. The lowest BCUT2D eigenvalue weighted by atomic mass is 10.1. The molecule has 0 atom stereocenters. The van der Waals surface area contributed by atoms with Crippen LogP contribution in [0, 0.1) is 11.6 Å². The predicted octanol–water partition coefficient (Wildman–Crippen LogP) is 2.50. The largest absolute Gasteiger partial charge is 0.374 e. The van der Waals surface area contributed by atoms with Crippen molar-refractivity contribution in [3.8, 4) is 0 Å². The smallest absolute Gasteiger partial charge is 0.162 e. The molecule has 1 rings (SSSR count). The Morgan fingerprint density at radius 2 is 2.06 bits per heavy atom. The molecule has 0 spiro atoms. The number of halogens is 2. The van der Waals surface area contributed by atoms with Crippen LogP contribution in [0.15, 0.2) is 18.2 Å². The van der Waals surface area contributed by atoms with Crippen LogP contribution in [0.1, 0.15) is 18.9 Å². The second kappa shape index (κ2) is 6.33. The van der Waals surface area contributed by atoms with Gasteiger partial charge in [-0.15, -0.1) is 0 Å². The van der Waals surface area contributed by atoms with Crippen molar-refractivity contribution in [2.24, 2.45) is 0 Å². The van der Waals surface area contributed by atoms with Gasteiger partial charge in [-0.1, -0.05) is 13.0 Å². The lowest BCUT2D eigenvalue weighted by Gasteiger charge is -2.03. The third kappa shape index (κ3) is 4.06. The van der Waals surface area contributed by atoms with Crippen molar-refractivity contribution in [3.05, 3.63) is 35.4 Å². The lowest BCUT2D eigenvalue weighted by Crippen LogP contribution is -2.12. The van der Waals surface area contributed by atoms with E-state index in [9.17, 15) is 13.6 Å². The summed E-state index contributed by atoms with van der Waals surface area (Å²) in [6.07, 6.45) is 0.916. The monoisotopic (exact) mass is 228 g/mol. The first-order chi connectivity index (χ1) is 7.63. The van der Waals surface area contributed by atoms with Gasteiger partial charge in [0.25, 0.3) is 0 Å². The average molecular weight is 228 g/mol. The third-order valence-electron chi connectivity index (χ3n) is 2.00. The SMILES string of the molecule is CCCOCC(=O)Cc1ccc(F)c(F)c1. The van der Waals surface area contributed by atoms with E-state index in [4.69, 9.17) is 4.74 Å². The molecule has 2 nitrogen and oxygen atoms in total. The molecule has 0 aromatic heterocycles. The number of Topliss-reactive ketones (excluding diaryl/α,β-unsaturated/α-hetero) is 1. The van der Waals surface area contributed by atoms with Crippen molar-refractivity contribution in [2.45, 2.75) is 19.8 Å². The van der Waals surface area contributed by atoms with Gasteiger partial charge in [0.05, 0.1) is 0 Å². The highest BCUT2D eigenvalue weighted by Crippen LogP contribution is 2.09. The number of rotatable bonds is 6. The Balaban J connectivity index is 2.46. The maximum absolute atomic E-state index is 12.8. The highest BCUT2D eigenvalue weighted by Gasteiger charge is 2.07. The van der Waals surface area contributed by atoms with Crippen molar-refractivity contribution in [1.29, 1.82) is 0 Å². The van der Waals surface area contributed by atoms with E-state index in [-0.39, 0.29) is 18.8 Å². The summed E-state index contributed by atoms with van der Waals surface area (Å²) in [5.41, 5.74) is 0.462. The van der Waals surface area contributed by atoms with Crippen LogP contribution in [-0.2, 0) is 16.0 Å². The minimum atomic E-state index is -0.931. The first-order valence-corrected chi connectivity index (χ1v) is 5.17. The average Bonchev–Trinajstić information content (AvgIpc) is 2.24. The first-order valence-electron chi connectivity index (χ1n) is 5.17. The van der Waals surface area contributed by atoms with E-state index in [0.717, 1.165) is 18.6 Å². The number of hydrogen-bond donors (Lipinski definition) is 0. The van der Waals surface area contributed by atoms with Gasteiger partial charge in [0.2, 0.25) is 0 Å². The summed E-state index contributed by atoms with van der Waals surface area (Å²) >= 11 is 0. The zero-order chi connectivity index (χ0) is 12.0. The molecule has 16 heavy (non-hydrogen) atoms. The minimum Gasteiger partial charge on any atom is -0.374 e. The third-order valence-corrected chi connectivity index (χ3v) is 2.00. The van der Waals surface area contributed by atoms with Crippen LogP contribution < -0.4 is 0 Å². The van der Waals surface area contributed by atoms with E-state index in [2.05, 4.69) is 0 Å². The first kappa shape index (κ1) is 12.8. The van der Waals surface area contributed by atoms with E-state index in [0.29, 0.717) is 12.2 Å². The molecule has 0 aliphatic rings. The Kier molecular flexibility index (Phi) is 5.05. The summed E-state index contributed by atoms with van der Waals surface area (Å²) in [5.74, 6) is -1.97. The molecule has 0 bridgehead atoms. The van der Waals surface area contributed by atoms with Crippen LogP contribution >= 0.6 is 0 Å². The maximum atomic E-state index is 12.8. The Bertz CT molecular complexity index is 364. The van der Waals surface area contributed by atoms with Gasteiger partial charge < -0.3 is 4.74 Å². The standard InChI is InChI=1S/C12H14F2O2/c1-2-5-16-8-10(15)6-9-3-4-11(13)12(14)7-9/h3-4,7H,2,5-6,8H2,1H3. The van der Waals surface area contributed by atoms with Gasteiger partial charge in [-0.3, -0.25) is 4.79 Å². The molecule has 1 aromatic carbocycles. The van der Waals surface area contributed by atoms with Crippen molar-refractivity contribution in [3.63, 3.8) is 0 Å². The van der Waals surface area contributed by atoms with Gasteiger partial charge in [-0.05, 0) is 24.1 Å². The summed E-state index contributed by atoms with van der Waals surface area (Å²) in [6.45, 7) is 2.50. The number of benzene rings is 1. The Morgan fingerprint density at radius 3 is 2.69 bits per heavy atom. The molecule has 0 saturated carbocycles. The quantitative estimate of drug-likeness (QED) is 0.699. The number of carbonyl (C=O) groups is 1. The fourth-order valence-electron chi connectivity index (χ4n) is 1.26. The van der Waals surface area contributed by atoms with Crippen LogP contribution in [0.5, 0.6) is 0 Å².